The van der Waals surface area contributed by atoms with Crippen LogP contribution in [0.2, 0.25) is 5.28 Å². The molecule has 0 spiro atoms. The number of aryl methyl sites for hydroxylation is 1. The number of carboxylic acid groups (broad SMARTS) is 2. The molecule has 7 N–H and O–H groups in total. The Labute approximate surface area is 234 Å². The molecule has 1 aliphatic rings. The number of aromatic amines is 1. The fourth-order valence-corrected chi connectivity index (χ4v) is 4.79. The molecule has 216 valence electrons. The molecule has 0 radical (unpaired) electrons. The fourth-order valence-electron chi connectivity index (χ4n) is 4.62. The number of H-pyrrole nitrogens is 1. The molecule has 0 bridgehead atoms. The lowest BCUT2D eigenvalue weighted by Gasteiger charge is -2.28. The van der Waals surface area contributed by atoms with Gasteiger partial charge in [0.25, 0.3) is 0 Å². The zero-order valence-electron chi connectivity index (χ0n) is 21.0. The Morgan fingerprint density at radius 2 is 1.93 bits per heavy atom. The van der Waals surface area contributed by atoms with Gasteiger partial charge in [0.1, 0.15) is 23.8 Å². The number of hydrogen-bond acceptors (Lipinski definition) is 13. The number of benzene rings is 1. The van der Waals surface area contributed by atoms with E-state index in [4.69, 9.17) is 31.9 Å². The summed E-state index contributed by atoms with van der Waals surface area (Å²) in [4.78, 5) is 35.7. The molecule has 1 aliphatic heterocycles. The van der Waals surface area contributed by atoms with Crippen LogP contribution in [0.25, 0.3) is 11.2 Å². The summed E-state index contributed by atoms with van der Waals surface area (Å²) in [5.41, 5.74) is 5.02. The predicted octanol–water partition coefficient (Wildman–Crippen LogP) is -0.0880. The number of fused-ring (bicyclic) bond motifs is 1. The molecule has 1 unspecified atom stereocenters. The summed E-state index contributed by atoms with van der Waals surface area (Å²) in [7, 11) is 0. The van der Waals surface area contributed by atoms with Crippen LogP contribution >= 0.6 is 11.6 Å². The number of aromatic carboxylic acids is 1. The number of anilines is 1. The third-order valence-electron chi connectivity index (χ3n) is 6.77. The highest BCUT2D eigenvalue weighted by molar-refractivity contribution is 6.28. The van der Waals surface area contributed by atoms with E-state index in [0.29, 0.717) is 6.42 Å². The minimum absolute atomic E-state index is 0.0100. The molecule has 1 fully saturated rings. The minimum atomic E-state index is -2.09. The lowest BCUT2D eigenvalue weighted by atomic mass is 9.93. The number of nitrogens with zero attached hydrogens (tertiary/aromatic N) is 7. The average Bonchev–Trinajstić information content (AvgIpc) is 3.68. The van der Waals surface area contributed by atoms with Gasteiger partial charge in [-0.2, -0.15) is 15.2 Å². The van der Waals surface area contributed by atoms with Crippen molar-refractivity contribution in [2.24, 2.45) is 0 Å². The van der Waals surface area contributed by atoms with Crippen molar-refractivity contribution in [3.8, 4) is 0 Å². The van der Waals surface area contributed by atoms with Crippen LogP contribution in [-0.4, -0.2) is 97.4 Å². The summed E-state index contributed by atoms with van der Waals surface area (Å²) in [6, 6.07) is 6.18. The highest BCUT2D eigenvalue weighted by atomic mass is 35.5. The molecule has 5 atom stereocenters. The molecular weight excluding hydrogens is 566 g/mol. The van der Waals surface area contributed by atoms with Gasteiger partial charge >= 0.3 is 11.9 Å². The third-order valence-corrected chi connectivity index (χ3v) is 6.94. The van der Waals surface area contributed by atoms with Crippen molar-refractivity contribution >= 4 is 40.5 Å². The third kappa shape index (κ3) is 5.40. The molecule has 4 aromatic rings. The number of ether oxygens (including phenoxy) is 2. The average molecular weight is 590 g/mol. The van der Waals surface area contributed by atoms with Crippen LogP contribution in [-0.2, 0) is 26.3 Å². The molecule has 17 nitrogen and oxygen atoms in total. The second-order valence-electron chi connectivity index (χ2n) is 9.28. The molecule has 0 amide bonds. The fraction of sp³-hybridized carbons (Fsp3) is 0.391. The molecule has 1 saturated heterocycles. The summed E-state index contributed by atoms with van der Waals surface area (Å²) in [6.45, 7) is -0.479. The summed E-state index contributed by atoms with van der Waals surface area (Å²) >= 11 is 5.92. The van der Waals surface area contributed by atoms with E-state index in [1.54, 1.807) is 12.1 Å². The first kappa shape index (κ1) is 28.2. The topological polar surface area (TPSA) is 258 Å². The van der Waals surface area contributed by atoms with Gasteiger partial charge in [-0.1, -0.05) is 17.3 Å². The Balaban J connectivity index is 1.33. The normalized spacial score (nSPS) is 22.1. The van der Waals surface area contributed by atoms with Gasteiger partial charge in [0.15, 0.2) is 17.7 Å². The number of nitrogen functional groups attached to an aromatic ring is 1. The number of halogens is 1. The van der Waals surface area contributed by atoms with E-state index in [1.165, 1.54) is 23.0 Å². The van der Waals surface area contributed by atoms with Crippen molar-refractivity contribution in [1.82, 2.24) is 40.1 Å². The summed E-state index contributed by atoms with van der Waals surface area (Å²) in [5, 5.41) is 54.0. The SMILES string of the molecule is Nc1nc(Cl)nc2c1ncn2[C@@H]1O[C@H](COC(CCCc2ccc(C(=O)O)cc2)(C(=O)O)c2nn[nH]n2)[C@@H](O)[C@H]1O. The molecule has 18 heteroatoms. The molecule has 41 heavy (non-hydrogen) atoms. The maximum absolute atomic E-state index is 12.6. The van der Waals surface area contributed by atoms with Crippen LogP contribution in [0.3, 0.4) is 0 Å². The summed E-state index contributed by atoms with van der Waals surface area (Å²) in [6.07, 6.45) is -3.50. The first-order valence-corrected chi connectivity index (χ1v) is 12.6. The van der Waals surface area contributed by atoms with Crippen LogP contribution in [0.15, 0.2) is 30.6 Å². The maximum atomic E-state index is 12.6. The van der Waals surface area contributed by atoms with Crippen LogP contribution < -0.4 is 5.73 Å². The number of rotatable bonds is 11. The first-order chi connectivity index (χ1) is 19.6. The van der Waals surface area contributed by atoms with Crippen molar-refractivity contribution in [1.29, 1.82) is 0 Å². The van der Waals surface area contributed by atoms with Crippen molar-refractivity contribution < 1.29 is 39.5 Å². The number of nitrogens with two attached hydrogens (primary N) is 1. The number of aromatic nitrogens is 8. The second-order valence-corrected chi connectivity index (χ2v) is 9.62. The number of hydrogen-bond donors (Lipinski definition) is 6. The molecule has 3 aromatic heterocycles. The highest BCUT2D eigenvalue weighted by Gasteiger charge is 2.49. The molecule has 5 rings (SSSR count). The highest BCUT2D eigenvalue weighted by Crippen LogP contribution is 2.35. The molecule has 0 aliphatic carbocycles. The Bertz CT molecular complexity index is 1550. The molecule has 0 saturated carbocycles. The van der Waals surface area contributed by atoms with E-state index in [9.17, 15) is 24.9 Å². The number of aliphatic hydroxyl groups excluding tert-OH is 2. The van der Waals surface area contributed by atoms with Crippen molar-refractivity contribution in [3.05, 3.63) is 52.8 Å². The van der Waals surface area contributed by atoms with Crippen LogP contribution in [0, 0.1) is 0 Å². The van der Waals surface area contributed by atoms with Gasteiger partial charge in [-0.15, -0.1) is 10.2 Å². The Hall–Kier alpha value is -4.29. The minimum Gasteiger partial charge on any atom is -0.479 e. The van der Waals surface area contributed by atoms with Gasteiger partial charge in [0, 0.05) is 0 Å². The number of imidazole rings is 1. The predicted molar refractivity (Wildman–Crippen MR) is 136 cm³/mol. The molecular formula is C23H24ClN9O8. The smallest absolute Gasteiger partial charge is 0.344 e. The number of tetrazole rings is 1. The van der Waals surface area contributed by atoms with E-state index < -0.39 is 48.7 Å². The van der Waals surface area contributed by atoms with Crippen LogP contribution in [0.4, 0.5) is 5.82 Å². The summed E-state index contributed by atoms with van der Waals surface area (Å²) < 4.78 is 13.1. The number of carbonyl (C=O) groups is 2. The Kier molecular flexibility index (Phi) is 7.78. The van der Waals surface area contributed by atoms with Crippen molar-refractivity contribution in [3.63, 3.8) is 0 Å². The van der Waals surface area contributed by atoms with Gasteiger partial charge in [-0.05, 0) is 48.6 Å². The second kappa shape index (κ2) is 11.3. The van der Waals surface area contributed by atoms with Gasteiger partial charge in [-0.3, -0.25) is 4.57 Å². The van der Waals surface area contributed by atoms with E-state index >= 15 is 0 Å². The Morgan fingerprint density at radius 3 is 2.59 bits per heavy atom. The maximum Gasteiger partial charge on any atom is 0.344 e. The van der Waals surface area contributed by atoms with Crippen LogP contribution in [0.1, 0.15) is 40.8 Å². The lowest BCUT2D eigenvalue weighted by molar-refractivity contribution is -0.179. The van der Waals surface area contributed by atoms with Gasteiger partial charge < -0.3 is 35.6 Å². The zero-order valence-corrected chi connectivity index (χ0v) is 21.8. The van der Waals surface area contributed by atoms with Gasteiger partial charge in [-0.25, -0.2) is 14.6 Å². The lowest BCUT2D eigenvalue weighted by Crippen LogP contribution is -2.44. The van der Waals surface area contributed by atoms with Gasteiger partial charge in [0.05, 0.1) is 18.5 Å². The monoisotopic (exact) mass is 589 g/mol. The van der Waals surface area contributed by atoms with Crippen molar-refractivity contribution in [2.75, 3.05) is 12.3 Å². The van der Waals surface area contributed by atoms with E-state index in [1.807, 2.05) is 0 Å². The number of aliphatic carboxylic acids is 1. The van der Waals surface area contributed by atoms with Crippen LogP contribution in [0.5, 0.6) is 0 Å². The number of aliphatic hydroxyl groups is 2. The molecule has 1 aromatic carbocycles. The first-order valence-electron chi connectivity index (χ1n) is 12.2. The van der Waals surface area contributed by atoms with E-state index in [2.05, 4.69) is 35.6 Å². The van der Waals surface area contributed by atoms with Gasteiger partial charge in [0.2, 0.25) is 16.7 Å². The van der Waals surface area contributed by atoms with Crippen molar-refractivity contribution in [2.45, 2.75) is 49.4 Å². The summed E-state index contributed by atoms with van der Waals surface area (Å²) in [5.74, 6) is -2.71. The Morgan fingerprint density at radius 1 is 1.17 bits per heavy atom. The number of carboxylic acids is 2. The number of nitrogens with one attached hydrogen (secondary N) is 1. The molecule has 4 heterocycles. The largest absolute Gasteiger partial charge is 0.479 e. The van der Waals surface area contributed by atoms with E-state index in [0.717, 1.165) is 5.56 Å². The standard InChI is InChI=1S/C23H24ClN9O8/c24-22-27-16(25)13-17(28-22)33(9-26-13)18-15(35)14(34)12(41-18)8-40-23(21(38)39,20-29-31-32-30-20)7-1-2-10-3-5-11(6-4-10)19(36)37/h3-6,9,12,14-15,18,34-35H,1-2,7-8H2,(H,36,37)(H,38,39)(H2,25,27,28)(H,29,30,31,32)/t12-,14-,15-,18-,23?/m1/s1. The quantitative estimate of drug-likeness (QED) is 0.125. The van der Waals surface area contributed by atoms with E-state index in [-0.39, 0.29) is 46.5 Å². The zero-order chi connectivity index (χ0) is 29.3.